The molecule has 99 heavy (non-hydrogen) atoms. The van der Waals surface area contributed by atoms with Crippen molar-refractivity contribution in [3.8, 4) is 23.5 Å². The van der Waals surface area contributed by atoms with Crippen molar-refractivity contribution in [1.82, 2.24) is 79.7 Å². The summed E-state index contributed by atoms with van der Waals surface area (Å²) in [5, 5.41) is 13.3. The fourth-order valence-electron chi connectivity index (χ4n) is 12.8. The molecule has 0 atom stereocenters. The van der Waals surface area contributed by atoms with Gasteiger partial charge in [0.05, 0.1) is 51.7 Å². The van der Waals surface area contributed by atoms with Crippen LogP contribution < -0.4 is 40.2 Å². The fraction of sp³-hybridized carbons (Fsp3) is 0.389. The molecule has 4 aliphatic rings. The third-order valence-electron chi connectivity index (χ3n) is 18.0. The number of imidazole rings is 4. The average Bonchev–Trinajstić information content (AvgIpc) is 1.77. The van der Waals surface area contributed by atoms with Crippen LogP contribution in [0.3, 0.4) is 0 Å². The number of hydrogen-bond acceptors (Lipinski definition) is 20. The molecule has 27 heteroatoms. The Morgan fingerprint density at radius 3 is 1.02 bits per heavy atom. The van der Waals surface area contributed by atoms with Crippen molar-refractivity contribution >= 4 is 119 Å². The quantitative estimate of drug-likeness (QED) is 0.0352. The van der Waals surface area contributed by atoms with Gasteiger partial charge in [0.1, 0.15) is 27.9 Å². The number of benzene rings is 4. The van der Waals surface area contributed by atoms with Crippen molar-refractivity contribution in [1.29, 1.82) is 0 Å². The molecule has 4 saturated carbocycles. The van der Waals surface area contributed by atoms with E-state index in [9.17, 15) is 4.39 Å². The second kappa shape index (κ2) is 34.1. The maximum atomic E-state index is 13.0. The molecule has 0 unspecified atom stereocenters. The van der Waals surface area contributed by atoms with Crippen LogP contribution in [0.25, 0.3) is 44.7 Å². The van der Waals surface area contributed by atoms with E-state index in [1.165, 1.54) is 141 Å². The number of hydrogen-bond donors (Lipinski definition) is 8. The van der Waals surface area contributed by atoms with Crippen LogP contribution in [0.15, 0.2) is 133 Å². The number of aromatic amines is 4. The third-order valence-corrected chi connectivity index (χ3v) is 18.8. The molecule has 0 aliphatic heterocycles. The monoisotopic (exact) mass is 1420 g/mol. The smallest absolute Gasteiger partial charge is 0.245 e. The van der Waals surface area contributed by atoms with Gasteiger partial charge in [-0.2, -0.15) is 39.9 Å². The van der Waals surface area contributed by atoms with Gasteiger partial charge in [0, 0.05) is 32.2 Å². The van der Waals surface area contributed by atoms with Gasteiger partial charge >= 0.3 is 0 Å². The largest absolute Gasteiger partial charge is 0.476 e. The first-order chi connectivity index (χ1) is 48.7. The first-order valence-electron chi connectivity index (χ1n) is 34.5. The highest BCUT2D eigenvalue weighted by atomic mass is 79.9. The summed E-state index contributed by atoms with van der Waals surface area (Å²) in [6, 6.07) is 31.2. The number of para-hydroxylation sites is 1. The number of H-pyrrole nitrogens is 4. The molecule has 4 aliphatic carbocycles. The molecule has 8 heterocycles. The molecule has 0 radical (unpaired) electrons. The van der Waals surface area contributed by atoms with E-state index in [-0.39, 0.29) is 5.82 Å². The first-order valence-corrected chi connectivity index (χ1v) is 35.6. The maximum absolute atomic E-state index is 13.0. The minimum atomic E-state index is -0.286. The van der Waals surface area contributed by atoms with Crippen LogP contribution in [0.1, 0.15) is 128 Å². The zero-order valence-corrected chi connectivity index (χ0v) is 57.4. The highest BCUT2D eigenvalue weighted by molar-refractivity contribution is 9.10. The Balaban J connectivity index is 0.000000119. The molecule has 0 bridgehead atoms. The van der Waals surface area contributed by atoms with Gasteiger partial charge in [-0.1, -0.05) is 135 Å². The molecule has 24 nitrogen and oxygen atoms in total. The Kier molecular flexibility index (Phi) is 23.3. The van der Waals surface area contributed by atoms with E-state index in [1.54, 1.807) is 37.4 Å². The number of halogens is 3. The van der Waals surface area contributed by atoms with Crippen molar-refractivity contribution in [2.75, 3.05) is 47.7 Å². The van der Waals surface area contributed by atoms with E-state index in [0.29, 0.717) is 136 Å². The van der Waals surface area contributed by atoms with Crippen molar-refractivity contribution in [2.45, 2.75) is 128 Å². The minimum Gasteiger partial charge on any atom is -0.476 e. The van der Waals surface area contributed by atoms with Crippen LogP contribution in [-0.2, 0) is 0 Å². The highest BCUT2D eigenvalue weighted by Gasteiger charge is 2.22. The molecule has 0 spiro atoms. The molecule has 12 aromatic rings. The van der Waals surface area contributed by atoms with E-state index in [4.69, 9.17) is 30.5 Å². The van der Waals surface area contributed by atoms with Crippen LogP contribution in [0.5, 0.6) is 23.5 Å². The lowest BCUT2D eigenvalue weighted by Crippen LogP contribution is -2.16. The summed E-state index contributed by atoms with van der Waals surface area (Å²) in [6.07, 6.45) is 31.9. The number of ether oxygens (including phenoxy) is 4. The Morgan fingerprint density at radius 2 is 0.677 bits per heavy atom. The van der Waals surface area contributed by atoms with Crippen LogP contribution in [-0.4, -0.2) is 106 Å². The second-order valence-corrected chi connectivity index (χ2v) is 26.8. The minimum absolute atomic E-state index is 0.286. The molecule has 514 valence electrons. The topological polar surface area (TPSA) is 303 Å². The molecule has 8 aromatic heterocycles. The van der Waals surface area contributed by atoms with E-state index in [1.807, 2.05) is 78.9 Å². The number of fused-ring (bicyclic) bond motifs is 4. The number of nitrogens with one attached hydrogen (secondary N) is 8. The van der Waals surface area contributed by atoms with Gasteiger partial charge in [-0.15, -0.1) is 0 Å². The van der Waals surface area contributed by atoms with Gasteiger partial charge in [0.2, 0.25) is 47.3 Å². The zero-order valence-electron chi connectivity index (χ0n) is 55.0. The van der Waals surface area contributed by atoms with E-state index >= 15 is 0 Å². The van der Waals surface area contributed by atoms with Gasteiger partial charge in [0.15, 0.2) is 22.6 Å². The second-order valence-electron chi connectivity index (χ2n) is 25.5. The Labute approximate surface area is 585 Å². The van der Waals surface area contributed by atoms with Gasteiger partial charge in [-0.25, -0.2) is 24.3 Å². The molecule has 4 fully saturated rings. The standard InChI is InChI=1S/C18H20BrN5O.C18H20ClN5O.C18H20FN5O.C18H21N5O/c2*19-13-7-4-8-14(9-13)22-18-23-16-15(20-11-21-16)17(24-18)25-10-12-5-2-1-3-6-12;19-13-6-8-14(9-7-13)22-18-23-16-15(20-11-21-16)17(24-18)25-10-12-4-2-1-3-5-12;1-3-7-13(8-4-1)11-24-17-15-16(20-12-19-15)22-18(23-17)21-14-9-5-2-6-10-14/h2*4,7-9,11-12H,1-3,5-6,10H2,(H2,20,21,22,23,24);6-9,11-12H,1-5,10H2,(H2,20,21,22,23,24);2,5-6,9-10,12-13H,1,3-4,7-8,11H2,(H2,19,20,21,22,23). The molecule has 0 saturated heterocycles. The Hall–Kier alpha value is -9.82. The molecule has 16 rings (SSSR count). The molecule has 4 aromatic carbocycles. The van der Waals surface area contributed by atoms with E-state index in [0.717, 1.165) is 38.1 Å². The maximum Gasteiger partial charge on any atom is 0.245 e. The zero-order chi connectivity index (χ0) is 67.4. The van der Waals surface area contributed by atoms with Gasteiger partial charge in [-0.05, 0) is 148 Å². The van der Waals surface area contributed by atoms with Gasteiger partial charge in [0.25, 0.3) is 0 Å². The van der Waals surface area contributed by atoms with Crippen LogP contribution in [0.4, 0.5) is 50.9 Å². The van der Waals surface area contributed by atoms with Crippen LogP contribution >= 0.6 is 27.5 Å². The fourth-order valence-corrected chi connectivity index (χ4v) is 13.4. The SMILES string of the molecule is Brc1cccc(Nc2nc(OCC3CCCCC3)c3[nH]cnc3n2)c1.Clc1cccc(Nc2nc(OCC3CCCCC3)c3[nH]cnc3n2)c1.Fc1ccc(Nc2nc(OCC3CCCCC3)c3[nH]cnc3n2)cc1.c1ccc(Nc2nc(OCC3CCCCC3)c3[nH]cnc3n2)cc1. The van der Waals surface area contributed by atoms with Crippen molar-refractivity contribution in [3.63, 3.8) is 0 Å². The predicted molar refractivity (Wildman–Crippen MR) is 387 cm³/mol. The number of aromatic nitrogens is 16. The lowest BCUT2D eigenvalue weighted by Gasteiger charge is -2.21. The third kappa shape index (κ3) is 19.3. The van der Waals surface area contributed by atoms with Crippen molar-refractivity contribution in [3.05, 3.63) is 144 Å². The summed E-state index contributed by atoms with van der Waals surface area (Å²) in [6.45, 7) is 2.74. The van der Waals surface area contributed by atoms with Crippen molar-refractivity contribution < 1.29 is 23.3 Å². The molecule has 0 amide bonds. The molecular weight excluding hydrogens is 1340 g/mol. The summed E-state index contributed by atoms with van der Waals surface area (Å²) in [7, 11) is 0. The lowest BCUT2D eigenvalue weighted by molar-refractivity contribution is 0.204. The van der Waals surface area contributed by atoms with Crippen molar-refractivity contribution in [2.24, 2.45) is 23.7 Å². The van der Waals surface area contributed by atoms with Crippen LogP contribution in [0.2, 0.25) is 5.02 Å². The number of anilines is 8. The number of rotatable bonds is 20. The Bertz CT molecular complexity index is 4360. The summed E-state index contributed by atoms with van der Waals surface area (Å²) < 4.78 is 38.1. The summed E-state index contributed by atoms with van der Waals surface area (Å²) in [5.74, 6) is 6.11. The van der Waals surface area contributed by atoms with E-state index in [2.05, 4.69) is 117 Å². The van der Waals surface area contributed by atoms with Crippen LogP contribution in [0, 0.1) is 29.5 Å². The first kappa shape index (κ1) is 67.7. The summed E-state index contributed by atoms with van der Waals surface area (Å²) in [4.78, 5) is 65.0. The molecular formula is C72H81BrClFN20O4. The predicted octanol–water partition coefficient (Wildman–Crippen LogP) is 17.8. The lowest BCUT2D eigenvalue weighted by atomic mass is 9.90. The van der Waals surface area contributed by atoms with Gasteiger partial charge < -0.3 is 60.2 Å². The molecule has 8 N–H and O–H groups in total. The highest BCUT2D eigenvalue weighted by Crippen LogP contribution is 2.33. The van der Waals surface area contributed by atoms with E-state index < -0.39 is 0 Å². The summed E-state index contributed by atoms with van der Waals surface area (Å²) in [5.41, 5.74) is 8.63. The normalized spacial score (nSPS) is 15.4. The average molecular weight is 1420 g/mol. The van der Waals surface area contributed by atoms with Gasteiger partial charge in [-0.3, -0.25) is 0 Å². The summed E-state index contributed by atoms with van der Waals surface area (Å²) >= 11 is 9.50. The number of nitrogens with zero attached hydrogens (tertiary/aromatic N) is 12. The Morgan fingerprint density at radius 1 is 0.364 bits per heavy atom.